The minimum absolute atomic E-state index is 0.240. The van der Waals surface area contributed by atoms with Crippen molar-refractivity contribution < 1.29 is 15.0 Å². The average Bonchev–Trinajstić information content (AvgIpc) is 1.99. The van der Waals surface area contributed by atoms with Gasteiger partial charge in [-0.25, -0.2) is 0 Å². The van der Waals surface area contributed by atoms with Gasteiger partial charge in [0.1, 0.15) is 0 Å². The number of amides is 1. The summed E-state index contributed by atoms with van der Waals surface area (Å²) in [6.07, 6.45) is 0. The van der Waals surface area contributed by atoms with Crippen LogP contribution in [0.2, 0.25) is 6.82 Å². The van der Waals surface area contributed by atoms with Gasteiger partial charge in [-0.2, -0.15) is 0 Å². The van der Waals surface area contributed by atoms with Gasteiger partial charge in [-0.05, 0) is 0 Å². The van der Waals surface area contributed by atoms with Gasteiger partial charge in [0.15, 0.2) is 5.81 Å². The monoisotopic (exact) mass is 144 g/mol. The number of hydrogen-bond acceptors (Lipinski definition) is 3. The number of carbonyl (C=O) groups is 1. The number of nitrogens with one attached hydrogen (secondary N) is 1. The molecule has 0 bridgehead atoms. The molecule has 0 atom stereocenters. The molecule has 0 saturated carbocycles. The zero-order valence-electron chi connectivity index (χ0n) is 5.87. The number of aliphatic hydroxyl groups is 2. The van der Waals surface area contributed by atoms with E-state index in [9.17, 15) is 4.79 Å². The molecular weight excluding hydrogens is 133 g/mol. The van der Waals surface area contributed by atoms with Crippen molar-refractivity contribution in [1.82, 2.24) is 5.32 Å². The van der Waals surface area contributed by atoms with Gasteiger partial charge >= 0.3 is 0 Å². The van der Waals surface area contributed by atoms with Crippen LogP contribution in [0.3, 0.4) is 0 Å². The smallest absolute Gasteiger partial charge is 0.229 e. The molecule has 1 radical (unpaired) electrons. The Kier molecular flexibility index (Phi) is 4.97. The predicted molar refractivity (Wildman–Crippen MR) is 38.1 cm³/mol. The Hall–Kier alpha value is -0.545. The van der Waals surface area contributed by atoms with E-state index in [2.05, 4.69) is 5.32 Å². The van der Waals surface area contributed by atoms with E-state index >= 15 is 0 Å². The van der Waals surface area contributed by atoms with E-state index in [0.29, 0.717) is 0 Å². The standard InChI is InChI=1S/C5H11BNO3/c1-6-5(10)7-4(2-8)3-9/h4,8-9H,2-3H2,1H3,(H,7,10). The molecule has 0 saturated heterocycles. The van der Waals surface area contributed by atoms with E-state index in [1.165, 1.54) is 7.28 Å². The quantitative estimate of drug-likeness (QED) is 0.434. The Morgan fingerprint density at radius 1 is 1.60 bits per heavy atom. The van der Waals surface area contributed by atoms with E-state index < -0.39 is 6.04 Å². The lowest BCUT2D eigenvalue weighted by Crippen LogP contribution is -2.41. The van der Waals surface area contributed by atoms with Crippen molar-refractivity contribution >= 4 is 13.1 Å². The molecule has 0 aromatic rings. The summed E-state index contributed by atoms with van der Waals surface area (Å²) in [5.74, 6) is -0.284. The van der Waals surface area contributed by atoms with Crippen LogP contribution in [-0.4, -0.2) is 42.6 Å². The Morgan fingerprint density at radius 3 is 2.40 bits per heavy atom. The zero-order valence-corrected chi connectivity index (χ0v) is 5.87. The van der Waals surface area contributed by atoms with Crippen LogP contribution in [0.4, 0.5) is 4.79 Å². The first-order valence-electron chi connectivity index (χ1n) is 3.06. The molecule has 0 aromatic carbocycles. The van der Waals surface area contributed by atoms with Gasteiger partial charge in [0, 0.05) is 0 Å². The molecule has 5 heteroatoms. The van der Waals surface area contributed by atoms with Crippen molar-refractivity contribution in [1.29, 1.82) is 0 Å². The van der Waals surface area contributed by atoms with Crippen molar-refractivity contribution in [3.63, 3.8) is 0 Å². The molecule has 0 unspecified atom stereocenters. The highest BCUT2D eigenvalue weighted by Crippen LogP contribution is 1.79. The van der Waals surface area contributed by atoms with Crippen molar-refractivity contribution in [3.8, 4) is 0 Å². The molecule has 3 N–H and O–H groups in total. The first kappa shape index (κ1) is 9.45. The molecule has 0 aromatic heterocycles. The van der Waals surface area contributed by atoms with Crippen LogP contribution in [0, 0.1) is 0 Å². The highest BCUT2D eigenvalue weighted by atomic mass is 16.3. The molecule has 0 aliphatic heterocycles. The van der Waals surface area contributed by atoms with E-state index in [1.54, 1.807) is 6.82 Å². The normalized spacial score (nSPS) is 9.60. The molecule has 0 spiro atoms. The first-order valence-corrected chi connectivity index (χ1v) is 3.06. The second kappa shape index (κ2) is 5.26. The topological polar surface area (TPSA) is 69.6 Å². The number of rotatable bonds is 4. The lowest BCUT2D eigenvalue weighted by molar-refractivity contribution is 0.174. The van der Waals surface area contributed by atoms with E-state index in [-0.39, 0.29) is 19.0 Å². The average molecular weight is 144 g/mol. The summed E-state index contributed by atoms with van der Waals surface area (Å²) in [6, 6.07) is -0.538. The van der Waals surface area contributed by atoms with Crippen LogP contribution in [0.5, 0.6) is 0 Å². The zero-order chi connectivity index (χ0) is 7.98. The minimum atomic E-state index is -0.538. The molecule has 10 heavy (non-hydrogen) atoms. The summed E-state index contributed by atoms with van der Waals surface area (Å²) in [5, 5.41) is 19.3. The number of aliphatic hydroxyl groups excluding tert-OH is 2. The van der Waals surface area contributed by atoms with Crippen molar-refractivity contribution in [2.75, 3.05) is 13.2 Å². The Morgan fingerprint density at radius 2 is 2.10 bits per heavy atom. The van der Waals surface area contributed by atoms with E-state index in [1.807, 2.05) is 0 Å². The summed E-state index contributed by atoms with van der Waals surface area (Å²) in [7, 11) is 1.33. The molecular formula is C5H11BNO3. The molecule has 0 heterocycles. The second-order valence-electron chi connectivity index (χ2n) is 1.86. The Balaban J connectivity index is 3.52. The maximum Gasteiger partial charge on any atom is 0.229 e. The van der Waals surface area contributed by atoms with E-state index in [0.717, 1.165) is 0 Å². The molecule has 0 aliphatic carbocycles. The fourth-order valence-electron chi connectivity index (χ4n) is 0.434. The maximum absolute atomic E-state index is 10.6. The maximum atomic E-state index is 10.6. The third-order valence-electron chi connectivity index (χ3n) is 1.05. The summed E-state index contributed by atoms with van der Waals surface area (Å²) in [4.78, 5) is 10.6. The van der Waals surface area contributed by atoms with Crippen molar-refractivity contribution in [3.05, 3.63) is 0 Å². The highest BCUT2D eigenvalue weighted by Gasteiger charge is 2.07. The molecule has 4 nitrogen and oxygen atoms in total. The summed E-state index contributed by atoms with van der Waals surface area (Å²) >= 11 is 0. The molecule has 1 amide bonds. The summed E-state index contributed by atoms with van der Waals surface area (Å²) in [5.41, 5.74) is 0. The van der Waals surface area contributed by atoms with Crippen LogP contribution in [0.15, 0.2) is 0 Å². The van der Waals surface area contributed by atoms with Crippen LogP contribution >= 0.6 is 0 Å². The first-order chi connectivity index (χ1) is 4.74. The fraction of sp³-hybridized carbons (Fsp3) is 0.800. The summed E-state index contributed by atoms with van der Waals surface area (Å²) < 4.78 is 0. The van der Waals surface area contributed by atoms with Gasteiger partial charge in [-0.15, -0.1) is 0 Å². The fourth-order valence-corrected chi connectivity index (χ4v) is 0.434. The third kappa shape index (κ3) is 3.47. The minimum Gasteiger partial charge on any atom is -0.394 e. The van der Waals surface area contributed by atoms with Gasteiger partial charge in [0.25, 0.3) is 0 Å². The van der Waals surface area contributed by atoms with Crippen LogP contribution in [0.1, 0.15) is 0 Å². The third-order valence-corrected chi connectivity index (χ3v) is 1.05. The predicted octanol–water partition coefficient (Wildman–Crippen LogP) is -1.20. The lowest BCUT2D eigenvalue weighted by Gasteiger charge is -2.11. The SMILES string of the molecule is C[B]C(=O)NC(CO)CO. The van der Waals surface area contributed by atoms with Crippen LogP contribution in [-0.2, 0) is 0 Å². The van der Waals surface area contributed by atoms with Gasteiger partial charge in [-0.3, -0.25) is 4.79 Å². The molecule has 0 aliphatic rings. The largest absolute Gasteiger partial charge is 0.394 e. The lowest BCUT2D eigenvalue weighted by atomic mass is 9.81. The van der Waals surface area contributed by atoms with Crippen molar-refractivity contribution in [2.45, 2.75) is 12.9 Å². The molecule has 0 rings (SSSR count). The van der Waals surface area contributed by atoms with Crippen LogP contribution in [0.25, 0.3) is 0 Å². The summed E-state index contributed by atoms with van der Waals surface area (Å²) in [6.45, 7) is 1.10. The van der Waals surface area contributed by atoms with Gasteiger partial charge in [0.2, 0.25) is 7.28 Å². The van der Waals surface area contributed by atoms with E-state index in [4.69, 9.17) is 10.2 Å². The van der Waals surface area contributed by atoms with Crippen LogP contribution < -0.4 is 5.32 Å². The molecule has 57 valence electrons. The van der Waals surface area contributed by atoms with Gasteiger partial charge in [0.05, 0.1) is 19.3 Å². The second-order valence-corrected chi connectivity index (χ2v) is 1.86. The Bertz CT molecular complexity index is 105. The highest BCUT2D eigenvalue weighted by molar-refractivity contribution is 6.72. The Labute approximate surface area is 60.5 Å². The van der Waals surface area contributed by atoms with Gasteiger partial charge in [-0.1, -0.05) is 6.82 Å². The number of carbonyl (C=O) groups excluding carboxylic acids is 1. The van der Waals surface area contributed by atoms with Crippen molar-refractivity contribution in [2.24, 2.45) is 0 Å². The molecule has 0 fully saturated rings. The number of hydrogen-bond donors (Lipinski definition) is 3. The van der Waals surface area contributed by atoms with Gasteiger partial charge < -0.3 is 15.5 Å².